The summed E-state index contributed by atoms with van der Waals surface area (Å²) < 4.78 is 5.44. The molecule has 0 aliphatic carbocycles. The van der Waals surface area contributed by atoms with Crippen molar-refractivity contribution in [3.05, 3.63) is 40.8 Å². The van der Waals surface area contributed by atoms with Crippen molar-refractivity contribution in [1.82, 2.24) is 0 Å². The van der Waals surface area contributed by atoms with Crippen LogP contribution >= 0.6 is 0 Å². The number of anilines is 1. The third kappa shape index (κ3) is 3.41. The molecule has 0 aliphatic rings. The zero-order valence-corrected chi connectivity index (χ0v) is 12.4. The van der Waals surface area contributed by atoms with Gasteiger partial charge in [-0.1, -0.05) is 44.9 Å². The Bertz CT molecular complexity index is 595. The van der Waals surface area contributed by atoms with Gasteiger partial charge in [-0.05, 0) is 25.0 Å². The van der Waals surface area contributed by atoms with Crippen LogP contribution in [-0.2, 0) is 0 Å². The summed E-state index contributed by atoms with van der Waals surface area (Å²) in [6, 6.07) is 9.64. The number of para-hydroxylation sites is 1. The second kappa shape index (κ2) is 7.13. The number of fused-ring (bicyclic) bond motifs is 1. The minimum atomic E-state index is -0.226. The van der Waals surface area contributed by atoms with Gasteiger partial charge < -0.3 is 9.32 Å². The van der Waals surface area contributed by atoms with Gasteiger partial charge in [0.2, 0.25) is 0 Å². The molecule has 0 atom stereocenters. The maximum atomic E-state index is 12.2. The molecule has 3 heteroatoms. The lowest BCUT2D eigenvalue weighted by Crippen LogP contribution is -2.29. The lowest BCUT2D eigenvalue weighted by molar-refractivity contribution is 0.553. The first-order chi connectivity index (χ1) is 9.76. The van der Waals surface area contributed by atoms with Crippen molar-refractivity contribution in [1.29, 1.82) is 0 Å². The Labute approximate surface area is 120 Å². The standard InChI is InChI=1S/C17H23NO2/c1-3-5-11-18(12-6-4-2)15-13-14-9-7-8-10-16(14)20-17(15)19/h7-10,13H,3-6,11-12H2,1-2H3. The molecule has 108 valence electrons. The van der Waals surface area contributed by atoms with E-state index in [1.165, 1.54) is 0 Å². The lowest BCUT2D eigenvalue weighted by atomic mass is 10.2. The van der Waals surface area contributed by atoms with E-state index in [9.17, 15) is 4.79 Å². The fourth-order valence-electron chi connectivity index (χ4n) is 2.32. The molecule has 0 saturated carbocycles. The molecule has 2 aromatic rings. The van der Waals surface area contributed by atoms with Gasteiger partial charge in [0.15, 0.2) is 0 Å². The first-order valence-electron chi connectivity index (χ1n) is 7.54. The van der Waals surface area contributed by atoms with Crippen molar-refractivity contribution in [3.8, 4) is 0 Å². The van der Waals surface area contributed by atoms with Crippen LogP contribution in [-0.4, -0.2) is 13.1 Å². The van der Waals surface area contributed by atoms with E-state index >= 15 is 0 Å². The normalized spacial score (nSPS) is 10.9. The molecule has 0 spiro atoms. The Morgan fingerprint density at radius 1 is 1.05 bits per heavy atom. The number of rotatable bonds is 7. The molecule has 2 rings (SSSR count). The molecule has 3 nitrogen and oxygen atoms in total. The van der Waals surface area contributed by atoms with Gasteiger partial charge >= 0.3 is 5.63 Å². The summed E-state index contributed by atoms with van der Waals surface area (Å²) >= 11 is 0. The molecule has 0 N–H and O–H groups in total. The molecule has 1 heterocycles. The molecule has 0 aliphatic heterocycles. The topological polar surface area (TPSA) is 33.5 Å². The van der Waals surface area contributed by atoms with Crippen molar-refractivity contribution in [2.75, 3.05) is 18.0 Å². The Hall–Kier alpha value is -1.77. The minimum absolute atomic E-state index is 0.226. The van der Waals surface area contributed by atoms with Crippen LogP contribution in [0.4, 0.5) is 5.69 Å². The van der Waals surface area contributed by atoms with E-state index in [4.69, 9.17) is 4.42 Å². The van der Waals surface area contributed by atoms with Crippen LogP contribution in [0.5, 0.6) is 0 Å². The van der Waals surface area contributed by atoms with Gasteiger partial charge in [-0.2, -0.15) is 0 Å². The fourth-order valence-corrected chi connectivity index (χ4v) is 2.32. The van der Waals surface area contributed by atoms with Crippen molar-refractivity contribution in [2.24, 2.45) is 0 Å². The summed E-state index contributed by atoms with van der Waals surface area (Å²) in [5.41, 5.74) is 1.13. The van der Waals surface area contributed by atoms with Gasteiger partial charge in [-0.25, -0.2) is 4.79 Å². The lowest BCUT2D eigenvalue weighted by Gasteiger charge is -2.23. The molecule has 0 amide bonds. The van der Waals surface area contributed by atoms with E-state index in [0.29, 0.717) is 11.3 Å². The second-order valence-electron chi connectivity index (χ2n) is 5.15. The van der Waals surface area contributed by atoms with Gasteiger partial charge in [0, 0.05) is 18.5 Å². The zero-order chi connectivity index (χ0) is 14.4. The van der Waals surface area contributed by atoms with Crippen molar-refractivity contribution in [2.45, 2.75) is 39.5 Å². The van der Waals surface area contributed by atoms with Crippen molar-refractivity contribution in [3.63, 3.8) is 0 Å². The molecule has 1 aromatic carbocycles. The first-order valence-corrected chi connectivity index (χ1v) is 7.54. The molecule has 1 aromatic heterocycles. The third-order valence-corrected chi connectivity index (χ3v) is 3.53. The summed E-state index contributed by atoms with van der Waals surface area (Å²) in [6.07, 6.45) is 4.44. The van der Waals surface area contributed by atoms with E-state index in [0.717, 1.165) is 44.2 Å². The zero-order valence-electron chi connectivity index (χ0n) is 12.4. The summed E-state index contributed by atoms with van der Waals surface area (Å²) in [7, 11) is 0. The smallest absolute Gasteiger partial charge is 0.360 e. The van der Waals surface area contributed by atoms with Gasteiger partial charge in [-0.3, -0.25) is 0 Å². The summed E-state index contributed by atoms with van der Waals surface area (Å²) in [5.74, 6) is 0. The molecular formula is C17H23NO2. The van der Waals surface area contributed by atoms with Crippen LogP contribution in [0, 0.1) is 0 Å². The van der Waals surface area contributed by atoms with Crippen LogP contribution in [0.25, 0.3) is 11.0 Å². The quantitative estimate of drug-likeness (QED) is 0.709. The Balaban J connectivity index is 2.35. The molecule has 0 bridgehead atoms. The van der Waals surface area contributed by atoms with Crippen LogP contribution in [0.15, 0.2) is 39.5 Å². The number of nitrogens with zero attached hydrogens (tertiary/aromatic N) is 1. The minimum Gasteiger partial charge on any atom is -0.421 e. The molecule has 0 fully saturated rings. The predicted molar refractivity (Wildman–Crippen MR) is 84.5 cm³/mol. The van der Waals surface area contributed by atoms with Gasteiger partial charge in [0.05, 0.1) is 0 Å². The fraction of sp³-hybridized carbons (Fsp3) is 0.471. The van der Waals surface area contributed by atoms with E-state index in [1.807, 2.05) is 30.3 Å². The number of unbranched alkanes of at least 4 members (excludes halogenated alkanes) is 2. The van der Waals surface area contributed by atoms with E-state index in [1.54, 1.807) is 0 Å². The summed E-state index contributed by atoms with van der Waals surface area (Å²) in [4.78, 5) is 14.4. The van der Waals surface area contributed by atoms with E-state index < -0.39 is 0 Å². The van der Waals surface area contributed by atoms with Gasteiger partial charge in [0.1, 0.15) is 11.3 Å². The van der Waals surface area contributed by atoms with Crippen LogP contribution in [0.3, 0.4) is 0 Å². The maximum absolute atomic E-state index is 12.2. The Kier molecular flexibility index (Phi) is 5.22. The highest BCUT2D eigenvalue weighted by molar-refractivity contribution is 5.79. The van der Waals surface area contributed by atoms with E-state index in [2.05, 4.69) is 18.7 Å². The van der Waals surface area contributed by atoms with Crippen molar-refractivity contribution < 1.29 is 4.42 Å². The maximum Gasteiger partial charge on any atom is 0.360 e. The molecule has 0 saturated heterocycles. The molecule has 0 unspecified atom stereocenters. The molecule has 20 heavy (non-hydrogen) atoms. The highest BCUT2D eigenvalue weighted by atomic mass is 16.4. The molecule has 0 radical (unpaired) electrons. The second-order valence-corrected chi connectivity index (χ2v) is 5.15. The third-order valence-electron chi connectivity index (χ3n) is 3.53. The Morgan fingerprint density at radius 3 is 2.35 bits per heavy atom. The number of hydrogen-bond donors (Lipinski definition) is 0. The van der Waals surface area contributed by atoms with E-state index in [-0.39, 0.29) is 5.63 Å². The predicted octanol–water partition coefficient (Wildman–Crippen LogP) is 4.20. The summed E-state index contributed by atoms with van der Waals surface area (Å²) in [5, 5.41) is 0.986. The van der Waals surface area contributed by atoms with Crippen LogP contribution in [0.1, 0.15) is 39.5 Å². The average molecular weight is 273 g/mol. The monoisotopic (exact) mass is 273 g/mol. The SMILES string of the molecule is CCCCN(CCCC)c1cc2ccccc2oc1=O. The highest BCUT2D eigenvalue weighted by Gasteiger charge is 2.12. The first kappa shape index (κ1) is 14.6. The van der Waals surface area contributed by atoms with Gasteiger partial charge in [0.25, 0.3) is 0 Å². The Morgan fingerprint density at radius 2 is 1.70 bits per heavy atom. The van der Waals surface area contributed by atoms with Gasteiger partial charge in [-0.15, -0.1) is 0 Å². The summed E-state index contributed by atoms with van der Waals surface area (Å²) in [6.45, 7) is 6.17. The van der Waals surface area contributed by atoms with Crippen LogP contribution < -0.4 is 10.5 Å². The highest BCUT2D eigenvalue weighted by Crippen LogP contribution is 2.19. The molecular weight excluding hydrogens is 250 g/mol. The average Bonchev–Trinajstić information content (AvgIpc) is 2.47. The largest absolute Gasteiger partial charge is 0.421 e. The van der Waals surface area contributed by atoms with Crippen LogP contribution in [0.2, 0.25) is 0 Å². The number of hydrogen-bond acceptors (Lipinski definition) is 3. The van der Waals surface area contributed by atoms with Crippen molar-refractivity contribution >= 4 is 16.7 Å². The number of benzene rings is 1.